The molecule has 16 heavy (non-hydrogen) atoms. The molecular weight excluding hydrogens is 224 g/mol. The molecule has 0 amide bonds. The molecule has 2 nitrogen and oxygen atoms in total. The van der Waals surface area contributed by atoms with Crippen LogP contribution in [0.1, 0.15) is 32.3 Å². The number of methoxy groups -OCH3 is 1. The number of alkyl halides is 1. The summed E-state index contributed by atoms with van der Waals surface area (Å²) in [4.78, 5) is 0. The molecule has 0 aliphatic rings. The molecule has 0 atom stereocenters. The van der Waals surface area contributed by atoms with Crippen LogP contribution in [0.25, 0.3) is 0 Å². The van der Waals surface area contributed by atoms with E-state index in [9.17, 15) is 0 Å². The summed E-state index contributed by atoms with van der Waals surface area (Å²) in [5.41, 5.74) is 1.01. The zero-order valence-electron chi connectivity index (χ0n) is 10.1. The molecule has 0 unspecified atom stereocenters. The number of benzene rings is 1. The lowest BCUT2D eigenvalue weighted by Gasteiger charge is -2.18. The van der Waals surface area contributed by atoms with Crippen LogP contribution in [0.15, 0.2) is 18.2 Å². The van der Waals surface area contributed by atoms with Gasteiger partial charge in [0.25, 0.3) is 0 Å². The van der Waals surface area contributed by atoms with E-state index in [4.69, 9.17) is 21.1 Å². The lowest BCUT2D eigenvalue weighted by Crippen LogP contribution is -2.14. The molecule has 0 heterocycles. The van der Waals surface area contributed by atoms with Gasteiger partial charge in [0.2, 0.25) is 0 Å². The monoisotopic (exact) mass is 242 g/mol. The first-order valence-electron chi connectivity index (χ1n) is 5.64. The fourth-order valence-electron chi connectivity index (χ4n) is 1.52. The molecule has 0 spiro atoms. The zero-order chi connectivity index (χ0) is 12.0. The number of hydrogen-bond donors (Lipinski definition) is 0. The van der Waals surface area contributed by atoms with Gasteiger partial charge in [-0.15, -0.1) is 11.6 Å². The molecule has 0 N–H and O–H groups in total. The van der Waals surface area contributed by atoms with E-state index in [-0.39, 0.29) is 6.10 Å². The molecule has 3 heteroatoms. The lowest BCUT2D eigenvalue weighted by molar-refractivity contribution is 0.190. The van der Waals surface area contributed by atoms with Crippen molar-refractivity contribution in [2.24, 2.45) is 0 Å². The second kappa shape index (κ2) is 6.64. The minimum Gasteiger partial charge on any atom is -0.497 e. The van der Waals surface area contributed by atoms with Crippen LogP contribution < -0.4 is 9.47 Å². The van der Waals surface area contributed by atoms with Gasteiger partial charge in [0.15, 0.2) is 0 Å². The number of hydrogen-bond acceptors (Lipinski definition) is 2. The maximum absolute atomic E-state index is 5.91. The first kappa shape index (κ1) is 13.2. The van der Waals surface area contributed by atoms with Crippen molar-refractivity contribution in [3.63, 3.8) is 0 Å². The van der Waals surface area contributed by atoms with Gasteiger partial charge < -0.3 is 9.47 Å². The molecule has 0 fully saturated rings. The van der Waals surface area contributed by atoms with Gasteiger partial charge in [-0.05, 0) is 18.9 Å². The van der Waals surface area contributed by atoms with Crippen LogP contribution in [0, 0.1) is 0 Å². The van der Waals surface area contributed by atoms with Crippen LogP contribution in [0.5, 0.6) is 11.5 Å². The van der Waals surface area contributed by atoms with Gasteiger partial charge in [-0.1, -0.05) is 19.9 Å². The summed E-state index contributed by atoms with van der Waals surface area (Å²) >= 11 is 5.88. The Labute approximate surface area is 103 Å². The van der Waals surface area contributed by atoms with E-state index >= 15 is 0 Å². The molecule has 0 aliphatic carbocycles. The topological polar surface area (TPSA) is 18.5 Å². The minimum atomic E-state index is 0.245. The molecule has 0 bridgehead atoms. The quantitative estimate of drug-likeness (QED) is 0.702. The predicted molar refractivity (Wildman–Crippen MR) is 67.5 cm³/mol. The summed E-state index contributed by atoms with van der Waals surface area (Å²) in [7, 11) is 1.65. The van der Waals surface area contributed by atoms with Crippen molar-refractivity contribution >= 4 is 11.6 Å². The van der Waals surface area contributed by atoms with E-state index in [1.165, 1.54) is 0 Å². The van der Waals surface area contributed by atoms with Crippen LogP contribution in [0.3, 0.4) is 0 Å². The maximum Gasteiger partial charge on any atom is 0.127 e. The Kier molecular flexibility index (Phi) is 5.47. The minimum absolute atomic E-state index is 0.245. The molecular formula is C13H19ClO2. The van der Waals surface area contributed by atoms with E-state index < -0.39 is 0 Å². The molecule has 1 aromatic rings. The average Bonchev–Trinajstić information content (AvgIpc) is 2.35. The average molecular weight is 243 g/mol. The Morgan fingerprint density at radius 3 is 2.44 bits per heavy atom. The molecule has 90 valence electrons. The first-order chi connectivity index (χ1) is 7.74. The maximum atomic E-state index is 5.91. The summed E-state index contributed by atoms with van der Waals surface area (Å²) in [6.45, 7) is 4.24. The highest BCUT2D eigenvalue weighted by Crippen LogP contribution is 2.27. The van der Waals surface area contributed by atoms with E-state index in [0.717, 1.165) is 29.9 Å². The number of rotatable bonds is 6. The Morgan fingerprint density at radius 2 is 1.94 bits per heavy atom. The third kappa shape index (κ3) is 3.31. The highest BCUT2D eigenvalue weighted by molar-refractivity contribution is 6.17. The Morgan fingerprint density at radius 1 is 1.25 bits per heavy atom. The van der Waals surface area contributed by atoms with Crippen LogP contribution in [0.2, 0.25) is 0 Å². The number of halogens is 1. The highest BCUT2D eigenvalue weighted by Gasteiger charge is 2.10. The van der Waals surface area contributed by atoms with Crippen molar-refractivity contribution in [2.45, 2.75) is 38.7 Å². The van der Waals surface area contributed by atoms with Gasteiger partial charge in [0.05, 0.1) is 19.1 Å². The second-order valence-corrected chi connectivity index (χ2v) is 3.93. The third-order valence-electron chi connectivity index (χ3n) is 2.62. The van der Waals surface area contributed by atoms with Crippen LogP contribution in [0.4, 0.5) is 0 Å². The zero-order valence-corrected chi connectivity index (χ0v) is 10.9. The standard InChI is InChI=1S/C13H19ClO2/c1-4-11(5-2)16-13-8-12(15-3)7-6-10(13)9-14/h6-8,11H,4-5,9H2,1-3H3. The Bertz CT molecular complexity index is 322. The fraction of sp³-hybridized carbons (Fsp3) is 0.538. The Balaban J connectivity index is 2.90. The third-order valence-corrected chi connectivity index (χ3v) is 2.91. The smallest absolute Gasteiger partial charge is 0.127 e. The molecule has 0 saturated heterocycles. The van der Waals surface area contributed by atoms with Gasteiger partial charge in [0, 0.05) is 11.6 Å². The Hall–Kier alpha value is -0.890. The first-order valence-corrected chi connectivity index (χ1v) is 6.18. The number of ether oxygens (including phenoxy) is 2. The van der Waals surface area contributed by atoms with Crippen LogP contribution in [-0.4, -0.2) is 13.2 Å². The summed E-state index contributed by atoms with van der Waals surface area (Å²) in [6, 6.07) is 5.75. The van der Waals surface area contributed by atoms with Crippen molar-refractivity contribution in [1.82, 2.24) is 0 Å². The summed E-state index contributed by atoms with van der Waals surface area (Å²) in [5.74, 6) is 2.09. The largest absolute Gasteiger partial charge is 0.497 e. The van der Waals surface area contributed by atoms with Crippen LogP contribution in [-0.2, 0) is 5.88 Å². The molecule has 1 rings (SSSR count). The van der Waals surface area contributed by atoms with E-state index in [0.29, 0.717) is 5.88 Å². The van der Waals surface area contributed by atoms with Gasteiger partial charge >= 0.3 is 0 Å². The van der Waals surface area contributed by atoms with Crippen molar-refractivity contribution in [3.8, 4) is 11.5 Å². The normalized spacial score (nSPS) is 10.6. The second-order valence-electron chi connectivity index (χ2n) is 3.66. The predicted octanol–water partition coefficient (Wildman–Crippen LogP) is 4.00. The van der Waals surface area contributed by atoms with Crippen molar-refractivity contribution in [3.05, 3.63) is 23.8 Å². The van der Waals surface area contributed by atoms with Crippen molar-refractivity contribution in [1.29, 1.82) is 0 Å². The van der Waals surface area contributed by atoms with Crippen molar-refractivity contribution < 1.29 is 9.47 Å². The van der Waals surface area contributed by atoms with E-state index in [1.54, 1.807) is 7.11 Å². The van der Waals surface area contributed by atoms with Gasteiger partial charge in [-0.3, -0.25) is 0 Å². The van der Waals surface area contributed by atoms with Crippen LogP contribution >= 0.6 is 11.6 Å². The summed E-state index contributed by atoms with van der Waals surface area (Å²) in [6.07, 6.45) is 2.24. The highest BCUT2D eigenvalue weighted by atomic mass is 35.5. The molecule has 0 aliphatic heterocycles. The van der Waals surface area contributed by atoms with Gasteiger partial charge in [-0.2, -0.15) is 0 Å². The van der Waals surface area contributed by atoms with E-state index in [1.807, 2.05) is 18.2 Å². The van der Waals surface area contributed by atoms with Gasteiger partial charge in [-0.25, -0.2) is 0 Å². The molecule has 0 saturated carbocycles. The molecule has 0 aromatic heterocycles. The summed E-state index contributed by atoms with van der Waals surface area (Å²) < 4.78 is 11.1. The molecule has 0 radical (unpaired) electrons. The fourth-order valence-corrected chi connectivity index (χ4v) is 1.74. The SMILES string of the molecule is CCC(CC)Oc1cc(OC)ccc1CCl. The van der Waals surface area contributed by atoms with Crippen molar-refractivity contribution in [2.75, 3.05) is 7.11 Å². The molecule has 1 aromatic carbocycles. The van der Waals surface area contributed by atoms with Gasteiger partial charge in [0.1, 0.15) is 11.5 Å². The lowest BCUT2D eigenvalue weighted by atomic mass is 10.2. The summed E-state index contributed by atoms with van der Waals surface area (Å²) in [5, 5.41) is 0. The van der Waals surface area contributed by atoms with E-state index in [2.05, 4.69) is 13.8 Å².